The zero-order valence-corrected chi connectivity index (χ0v) is 12.2. The average molecular weight is 286 g/mol. The maximum absolute atomic E-state index is 12.0. The largest absolute Gasteiger partial charge is 0.293 e. The molecule has 0 radical (unpaired) electrons. The summed E-state index contributed by atoms with van der Waals surface area (Å²) in [5.41, 5.74) is 5.70. The van der Waals surface area contributed by atoms with Crippen LogP contribution < -0.4 is 11.3 Å². The molecule has 1 atom stereocenters. The first-order valence-electron chi connectivity index (χ1n) is 6.44. The van der Waals surface area contributed by atoms with Gasteiger partial charge in [-0.2, -0.15) is 0 Å². The Morgan fingerprint density at radius 1 is 1.15 bits per heavy atom. The summed E-state index contributed by atoms with van der Waals surface area (Å²) in [5.74, 6) is 5.90. The number of hydrogen-bond donors (Lipinski definition) is 2. The van der Waals surface area contributed by atoms with E-state index in [9.17, 15) is 4.79 Å². The average Bonchev–Trinajstić information content (AvgIpc) is 2.50. The molecular formula is C16H18N2OS. The van der Waals surface area contributed by atoms with Crippen LogP contribution in [0.15, 0.2) is 54.6 Å². The molecule has 1 amide bonds. The van der Waals surface area contributed by atoms with Crippen molar-refractivity contribution < 1.29 is 4.79 Å². The molecule has 0 saturated heterocycles. The lowest BCUT2D eigenvalue weighted by Gasteiger charge is -2.16. The van der Waals surface area contributed by atoms with Crippen LogP contribution in [0.4, 0.5) is 0 Å². The first-order chi connectivity index (χ1) is 9.72. The predicted octanol–water partition coefficient (Wildman–Crippen LogP) is 2.96. The minimum absolute atomic E-state index is 0.171. The van der Waals surface area contributed by atoms with Gasteiger partial charge >= 0.3 is 0 Å². The van der Waals surface area contributed by atoms with E-state index in [0.717, 1.165) is 11.3 Å². The van der Waals surface area contributed by atoms with Crippen LogP contribution in [0.1, 0.15) is 21.9 Å². The van der Waals surface area contributed by atoms with Crippen LogP contribution in [0.2, 0.25) is 0 Å². The molecule has 104 valence electrons. The van der Waals surface area contributed by atoms with E-state index in [1.807, 2.05) is 42.5 Å². The van der Waals surface area contributed by atoms with E-state index >= 15 is 0 Å². The first-order valence-corrected chi connectivity index (χ1v) is 7.48. The molecule has 3 nitrogen and oxygen atoms in total. The molecular weight excluding hydrogens is 268 g/mol. The molecule has 0 aliphatic heterocycles. The van der Waals surface area contributed by atoms with Crippen molar-refractivity contribution in [3.05, 3.63) is 71.3 Å². The van der Waals surface area contributed by atoms with Crippen molar-refractivity contribution in [1.29, 1.82) is 0 Å². The van der Waals surface area contributed by atoms with E-state index in [-0.39, 0.29) is 11.2 Å². The Morgan fingerprint density at radius 2 is 1.80 bits per heavy atom. The van der Waals surface area contributed by atoms with Crippen molar-refractivity contribution in [3.63, 3.8) is 0 Å². The van der Waals surface area contributed by atoms with Gasteiger partial charge in [-0.3, -0.25) is 10.2 Å². The molecule has 0 spiro atoms. The number of nitrogens with two attached hydrogens (primary N) is 1. The number of hydrogen-bond acceptors (Lipinski definition) is 3. The molecule has 1 unspecified atom stereocenters. The lowest BCUT2D eigenvalue weighted by molar-refractivity contribution is -0.120. The third kappa shape index (κ3) is 3.62. The van der Waals surface area contributed by atoms with Gasteiger partial charge in [-0.25, -0.2) is 5.84 Å². The molecule has 0 aromatic heterocycles. The Kier molecular flexibility index (Phi) is 5.21. The number of nitrogens with one attached hydrogen (secondary N) is 1. The Hall–Kier alpha value is -1.78. The number of rotatable bonds is 5. The Morgan fingerprint density at radius 3 is 2.45 bits per heavy atom. The van der Waals surface area contributed by atoms with Gasteiger partial charge in [0.15, 0.2) is 0 Å². The second-order valence-corrected chi connectivity index (χ2v) is 5.63. The quantitative estimate of drug-likeness (QED) is 0.505. The van der Waals surface area contributed by atoms with Crippen LogP contribution in [0.25, 0.3) is 0 Å². The Bertz CT molecular complexity index is 572. The van der Waals surface area contributed by atoms with Gasteiger partial charge in [-0.15, -0.1) is 11.8 Å². The van der Waals surface area contributed by atoms with Gasteiger partial charge in [-0.1, -0.05) is 54.6 Å². The van der Waals surface area contributed by atoms with Crippen molar-refractivity contribution in [2.75, 3.05) is 0 Å². The van der Waals surface area contributed by atoms with E-state index in [1.165, 1.54) is 11.1 Å². The highest BCUT2D eigenvalue weighted by molar-refractivity contribution is 7.99. The minimum atomic E-state index is -0.291. The molecule has 2 rings (SSSR count). The second kappa shape index (κ2) is 7.12. The molecule has 0 fully saturated rings. The number of thioether (sulfide) groups is 1. The Labute approximate surface area is 123 Å². The highest BCUT2D eigenvalue weighted by Crippen LogP contribution is 2.32. The van der Waals surface area contributed by atoms with Crippen LogP contribution in [-0.2, 0) is 10.5 Å². The van der Waals surface area contributed by atoms with Crippen LogP contribution >= 0.6 is 11.8 Å². The van der Waals surface area contributed by atoms with Gasteiger partial charge in [0.05, 0.1) is 0 Å². The van der Waals surface area contributed by atoms with Crippen molar-refractivity contribution in [3.8, 4) is 0 Å². The highest BCUT2D eigenvalue weighted by Gasteiger charge is 2.20. The summed E-state index contributed by atoms with van der Waals surface area (Å²) < 4.78 is 0. The Balaban J connectivity index is 2.14. The van der Waals surface area contributed by atoms with E-state index in [0.29, 0.717) is 0 Å². The van der Waals surface area contributed by atoms with E-state index < -0.39 is 0 Å². The van der Waals surface area contributed by atoms with E-state index in [4.69, 9.17) is 5.84 Å². The number of aryl methyl sites for hydroxylation is 1. The predicted molar refractivity (Wildman–Crippen MR) is 84.0 cm³/mol. The van der Waals surface area contributed by atoms with Crippen molar-refractivity contribution >= 4 is 17.7 Å². The number of carbonyl (C=O) groups excluding carboxylic acids is 1. The summed E-state index contributed by atoms with van der Waals surface area (Å²) in [6.07, 6.45) is 0. The number of carbonyl (C=O) groups is 1. The van der Waals surface area contributed by atoms with E-state index in [2.05, 4.69) is 24.5 Å². The van der Waals surface area contributed by atoms with Crippen molar-refractivity contribution in [1.82, 2.24) is 5.43 Å². The van der Waals surface area contributed by atoms with E-state index in [1.54, 1.807) is 11.8 Å². The van der Waals surface area contributed by atoms with Crippen LogP contribution in [-0.4, -0.2) is 5.91 Å². The molecule has 20 heavy (non-hydrogen) atoms. The minimum Gasteiger partial charge on any atom is -0.293 e. The summed E-state index contributed by atoms with van der Waals surface area (Å²) in [4.78, 5) is 12.0. The summed E-state index contributed by atoms with van der Waals surface area (Å²) in [6.45, 7) is 2.08. The number of amides is 1. The molecule has 0 aliphatic rings. The molecule has 0 saturated carbocycles. The molecule has 2 aromatic carbocycles. The summed E-state index contributed by atoms with van der Waals surface area (Å²) in [6, 6.07) is 17.9. The van der Waals surface area contributed by atoms with Crippen LogP contribution in [0.5, 0.6) is 0 Å². The van der Waals surface area contributed by atoms with Crippen LogP contribution in [0.3, 0.4) is 0 Å². The lowest BCUT2D eigenvalue weighted by atomic mass is 10.1. The SMILES string of the molecule is Cc1ccccc1CSC(C(=O)NN)c1ccccc1. The second-order valence-electron chi connectivity index (χ2n) is 4.54. The maximum atomic E-state index is 12.0. The third-order valence-electron chi connectivity index (χ3n) is 3.15. The highest BCUT2D eigenvalue weighted by atomic mass is 32.2. The molecule has 0 heterocycles. The van der Waals surface area contributed by atoms with Gasteiger partial charge in [0.1, 0.15) is 5.25 Å². The smallest absolute Gasteiger partial charge is 0.251 e. The van der Waals surface area contributed by atoms with Gasteiger partial charge in [0, 0.05) is 5.75 Å². The molecule has 0 aliphatic carbocycles. The normalized spacial score (nSPS) is 11.9. The molecule has 3 N–H and O–H groups in total. The zero-order chi connectivity index (χ0) is 14.4. The van der Waals surface area contributed by atoms with Gasteiger partial charge < -0.3 is 0 Å². The summed E-state index contributed by atoms with van der Waals surface area (Å²) in [7, 11) is 0. The first kappa shape index (κ1) is 14.6. The lowest BCUT2D eigenvalue weighted by Crippen LogP contribution is -2.33. The maximum Gasteiger partial charge on any atom is 0.251 e. The molecule has 4 heteroatoms. The summed E-state index contributed by atoms with van der Waals surface area (Å²) in [5, 5.41) is -0.291. The number of benzene rings is 2. The fraction of sp³-hybridized carbons (Fsp3) is 0.188. The fourth-order valence-corrected chi connectivity index (χ4v) is 3.21. The fourth-order valence-electron chi connectivity index (χ4n) is 1.97. The number of hydrazine groups is 1. The molecule has 0 bridgehead atoms. The topological polar surface area (TPSA) is 55.1 Å². The monoisotopic (exact) mass is 286 g/mol. The zero-order valence-electron chi connectivity index (χ0n) is 11.4. The summed E-state index contributed by atoms with van der Waals surface area (Å²) >= 11 is 1.58. The molecule has 2 aromatic rings. The standard InChI is InChI=1S/C16H18N2OS/c1-12-7-5-6-10-14(12)11-20-15(16(19)18-17)13-8-3-2-4-9-13/h2-10,15H,11,17H2,1H3,(H,18,19). The third-order valence-corrected chi connectivity index (χ3v) is 4.45. The van der Waals surface area contributed by atoms with Crippen LogP contribution in [0, 0.1) is 6.92 Å². The van der Waals surface area contributed by atoms with Crippen molar-refractivity contribution in [2.45, 2.75) is 17.9 Å². The van der Waals surface area contributed by atoms with Crippen molar-refractivity contribution in [2.24, 2.45) is 5.84 Å². The van der Waals surface area contributed by atoms with Gasteiger partial charge in [0.25, 0.3) is 5.91 Å². The van der Waals surface area contributed by atoms with Gasteiger partial charge in [-0.05, 0) is 23.6 Å². The van der Waals surface area contributed by atoms with Gasteiger partial charge in [0.2, 0.25) is 0 Å².